The largest absolute Gasteiger partial charge is 0.299 e. The normalized spacial score (nSPS) is 11.5. The molecule has 0 fully saturated rings. The minimum atomic E-state index is 0.824. The van der Waals surface area contributed by atoms with E-state index in [0.717, 1.165) is 19.1 Å². The van der Waals surface area contributed by atoms with Crippen LogP contribution >= 0.6 is 0 Å². The molecule has 74 valence electrons. The Balaban J connectivity index is 3.12. The van der Waals surface area contributed by atoms with Crippen LogP contribution in [0.15, 0.2) is 24.3 Å². The van der Waals surface area contributed by atoms with E-state index >= 15 is 0 Å². The van der Waals surface area contributed by atoms with Crippen molar-refractivity contribution in [3.05, 3.63) is 24.3 Å². The van der Waals surface area contributed by atoms with Crippen LogP contribution in [-0.4, -0.2) is 6.29 Å². The van der Waals surface area contributed by atoms with Gasteiger partial charge in [0, 0.05) is 0 Å². The molecule has 1 heteroatoms. The van der Waals surface area contributed by atoms with Gasteiger partial charge in [-0.15, -0.1) is 0 Å². The highest BCUT2D eigenvalue weighted by atomic mass is 16.1. The lowest BCUT2D eigenvalue weighted by Crippen LogP contribution is -1.71. The molecule has 0 radical (unpaired) electrons. The van der Waals surface area contributed by atoms with Crippen LogP contribution in [0.4, 0.5) is 0 Å². The van der Waals surface area contributed by atoms with Gasteiger partial charge in [-0.25, -0.2) is 0 Å². The van der Waals surface area contributed by atoms with Crippen LogP contribution in [0.3, 0.4) is 0 Å². The van der Waals surface area contributed by atoms with Gasteiger partial charge in [-0.1, -0.05) is 38.0 Å². The fourth-order valence-corrected chi connectivity index (χ4v) is 1.09. The standard InChI is InChI=1S/C12H20O/c1-2-3-4-5-6-7-8-9-10-11-12-13/h6-7,10-12H,2-5,8-9H2,1H3. The Bertz CT molecular complexity index is 157. The third-order valence-corrected chi connectivity index (χ3v) is 1.86. The molecule has 0 heterocycles. The Morgan fingerprint density at radius 1 is 0.923 bits per heavy atom. The highest BCUT2D eigenvalue weighted by Gasteiger charge is 1.81. The Labute approximate surface area is 81.5 Å². The molecule has 0 saturated heterocycles. The van der Waals surface area contributed by atoms with E-state index in [1.54, 1.807) is 6.08 Å². The molecule has 0 spiro atoms. The van der Waals surface area contributed by atoms with Crippen LogP contribution in [0.5, 0.6) is 0 Å². The number of aldehydes is 1. The molecule has 0 unspecified atom stereocenters. The van der Waals surface area contributed by atoms with Crippen LogP contribution in [0.1, 0.15) is 45.4 Å². The zero-order valence-corrected chi connectivity index (χ0v) is 8.54. The Morgan fingerprint density at radius 2 is 1.62 bits per heavy atom. The maximum atomic E-state index is 9.91. The molecule has 0 rings (SSSR count). The van der Waals surface area contributed by atoms with Gasteiger partial charge in [0.25, 0.3) is 0 Å². The summed E-state index contributed by atoms with van der Waals surface area (Å²) in [5.41, 5.74) is 0. The summed E-state index contributed by atoms with van der Waals surface area (Å²) in [6.45, 7) is 2.22. The van der Waals surface area contributed by atoms with Crippen molar-refractivity contribution in [2.75, 3.05) is 0 Å². The zero-order chi connectivity index (χ0) is 9.78. The van der Waals surface area contributed by atoms with Gasteiger partial charge in [-0.3, -0.25) is 4.79 Å². The summed E-state index contributed by atoms with van der Waals surface area (Å²) in [7, 11) is 0. The van der Waals surface area contributed by atoms with Gasteiger partial charge >= 0.3 is 0 Å². The third-order valence-electron chi connectivity index (χ3n) is 1.86. The smallest absolute Gasteiger partial charge is 0.142 e. The van der Waals surface area contributed by atoms with Crippen molar-refractivity contribution < 1.29 is 4.79 Å². The van der Waals surface area contributed by atoms with Crippen molar-refractivity contribution in [2.24, 2.45) is 0 Å². The van der Waals surface area contributed by atoms with Gasteiger partial charge in [0.15, 0.2) is 0 Å². The molecule has 0 aromatic heterocycles. The topological polar surface area (TPSA) is 17.1 Å². The summed E-state index contributed by atoms with van der Waals surface area (Å²) >= 11 is 0. The van der Waals surface area contributed by atoms with Gasteiger partial charge in [0.1, 0.15) is 6.29 Å². The highest BCUT2D eigenvalue weighted by molar-refractivity contribution is 5.64. The van der Waals surface area contributed by atoms with E-state index in [9.17, 15) is 4.79 Å². The lowest BCUT2D eigenvalue weighted by atomic mass is 10.2. The quantitative estimate of drug-likeness (QED) is 0.241. The molecule has 13 heavy (non-hydrogen) atoms. The van der Waals surface area contributed by atoms with Gasteiger partial charge in [0.2, 0.25) is 0 Å². The van der Waals surface area contributed by atoms with Crippen molar-refractivity contribution in [1.82, 2.24) is 0 Å². The number of unbranched alkanes of at least 4 members (excludes halogenated alkanes) is 4. The van der Waals surface area contributed by atoms with E-state index in [2.05, 4.69) is 19.1 Å². The minimum absolute atomic E-state index is 0.824. The summed E-state index contributed by atoms with van der Waals surface area (Å²) in [4.78, 5) is 9.91. The van der Waals surface area contributed by atoms with E-state index < -0.39 is 0 Å². The van der Waals surface area contributed by atoms with Crippen molar-refractivity contribution in [3.63, 3.8) is 0 Å². The number of hydrogen-bond donors (Lipinski definition) is 0. The average molecular weight is 180 g/mol. The summed E-state index contributed by atoms with van der Waals surface area (Å²) in [6, 6.07) is 0. The van der Waals surface area contributed by atoms with E-state index in [1.807, 2.05) is 6.08 Å². The van der Waals surface area contributed by atoms with Gasteiger partial charge < -0.3 is 0 Å². The third kappa shape index (κ3) is 11.1. The minimum Gasteiger partial charge on any atom is -0.299 e. The van der Waals surface area contributed by atoms with Gasteiger partial charge in [-0.2, -0.15) is 0 Å². The first kappa shape index (κ1) is 12.2. The first-order chi connectivity index (χ1) is 6.41. The zero-order valence-electron chi connectivity index (χ0n) is 8.54. The molecular weight excluding hydrogens is 160 g/mol. The Kier molecular flexibility index (Phi) is 10.4. The van der Waals surface area contributed by atoms with E-state index in [0.29, 0.717) is 0 Å². The lowest BCUT2D eigenvalue weighted by Gasteiger charge is -1.91. The van der Waals surface area contributed by atoms with Crippen LogP contribution in [0.25, 0.3) is 0 Å². The number of hydrogen-bond acceptors (Lipinski definition) is 1. The first-order valence-electron chi connectivity index (χ1n) is 5.17. The van der Waals surface area contributed by atoms with Crippen molar-refractivity contribution in [3.8, 4) is 0 Å². The molecule has 0 aromatic rings. The summed E-state index contributed by atoms with van der Waals surface area (Å²) in [5.74, 6) is 0. The molecule has 0 aliphatic heterocycles. The van der Waals surface area contributed by atoms with Crippen LogP contribution in [0, 0.1) is 0 Å². The number of carbonyl (C=O) groups is 1. The molecule has 0 aromatic carbocycles. The van der Waals surface area contributed by atoms with E-state index in [4.69, 9.17) is 0 Å². The first-order valence-corrected chi connectivity index (χ1v) is 5.17. The fourth-order valence-electron chi connectivity index (χ4n) is 1.09. The molecule has 0 aliphatic carbocycles. The number of allylic oxidation sites excluding steroid dienone is 4. The Hall–Kier alpha value is -0.850. The summed E-state index contributed by atoms with van der Waals surface area (Å²) in [5, 5.41) is 0. The molecule has 0 amide bonds. The van der Waals surface area contributed by atoms with E-state index in [-0.39, 0.29) is 0 Å². The second-order valence-corrected chi connectivity index (χ2v) is 3.11. The number of carbonyl (C=O) groups excluding carboxylic acids is 1. The second kappa shape index (κ2) is 11.2. The molecule has 0 N–H and O–H groups in total. The molecule has 0 bridgehead atoms. The lowest BCUT2D eigenvalue weighted by molar-refractivity contribution is -0.104. The van der Waals surface area contributed by atoms with Crippen LogP contribution < -0.4 is 0 Å². The highest BCUT2D eigenvalue weighted by Crippen LogP contribution is 2.01. The molecular formula is C12H20O. The predicted octanol–water partition coefficient (Wildman–Crippen LogP) is 3.66. The Morgan fingerprint density at radius 3 is 2.31 bits per heavy atom. The molecule has 0 saturated carbocycles. The predicted molar refractivity (Wildman–Crippen MR) is 57.7 cm³/mol. The fraction of sp³-hybridized carbons (Fsp3) is 0.583. The van der Waals surface area contributed by atoms with Crippen molar-refractivity contribution in [2.45, 2.75) is 45.4 Å². The molecule has 0 aliphatic rings. The second-order valence-electron chi connectivity index (χ2n) is 3.11. The van der Waals surface area contributed by atoms with Gasteiger partial charge in [0.05, 0.1) is 0 Å². The average Bonchev–Trinajstić information content (AvgIpc) is 2.16. The van der Waals surface area contributed by atoms with Crippen molar-refractivity contribution >= 4 is 6.29 Å². The van der Waals surface area contributed by atoms with Crippen LogP contribution in [-0.2, 0) is 4.79 Å². The van der Waals surface area contributed by atoms with E-state index in [1.165, 1.54) is 25.7 Å². The molecule has 1 nitrogen and oxygen atoms in total. The monoisotopic (exact) mass is 180 g/mol. The SMILES string of the molecule is CCCCCC=CCCC=CC=O. The van der Waals surface area contributed by atoms with Crippen LogP contribution in [0.2, 0.25) is 0 Å². The summed E-state index contributed by atoms with van der Waals surface area (Å²) < 4.78 is 0. The molecule has 0 atom stereocenters. The van der Waals surface area contributed by atoms with Crippen molar-refractivity contribution in [1.29, 1.82) is 0 Å². The maximum absolute atomic E-state index is 9.91. The number of rotatable bonds is 8. The summed E-state index contributed by atoms with van der Waals surface area (Å²) in [6.07, 6.45) is 15.9. The maximum Gasteiger partial charge on any atom is 0.142 e. The van der Waals surface area contributed by atoms with Gasteiger partial charge in [-0.05, 0) is 31.8 Å².